The highest BCUT2D eigenvalue weighted by atomic mass is 15.2. The number of likely N-dealkylation sites (tertiary alicyclic amines) is 1. The molecule has 0 aromatic carbocycles. The van der Waals surface area contributed by atoms with E-state index < -0.39 is 0 Å². The molecule has 2 N–H and O–H groups in total. The lowest BCUT2D eigenvalue weighted by Crippen LogP contribution is -2.59. The number of nitrogens with zero attached hydrogens (tertiary/aromatic N) is 2. The van der Waals surface area contributed by atoms with Crippen molar-refractivity contribution in [3.63, 3.8) is 0 Å². The Labute approximate surface area is 200 Å². The second-order valence-electron chi connectivity index (χ2n) is 13.2. The average molecular weight is 449 g/mol. The van der Waals surface area contributed by atoms with Crippen LogP contribution in [0.2, 0.25) is 0 Å². The topological polar surface area (TPSA) is 30.5 Å². The van der Waals surface area contributed by atoms with Crippen molar-refractivity contribution >= 4 is 0 Å². The molecule has 4 nitrogen and oxygen atoms in total. The Kier molecular flexibility index (Phi) is 9.51. The van der Waals surface area contributed by atoms with Crippen LogP contribution >= 0.6 is 0 Å². The van der Waals surface area contributed by atoms with Gasteiger partial charge in [-0.2, -0.15) is 0 Å². The summed E-state index contributed by atoms with van der Waals surface area (Å²) in [6, 6.07) is 2.76. The van der Waals surface area contributed by atoms with Gasteiger partial charge in [0.2, 0.25) is 0 Å². The molecule has 4 heteroatoms. The number of likely N-dealkylation sites (N-methyl/N-ethyl adjacent to an activating group) is 1. The summed E-state index contributed by atoms with van der Waals surface area (Å²) in [7, 11) is 2.35. The number of hydrogen-bond acceptors (Lipinski definition) is 4. The van der Waals surface area contributed by atoms with Crippen LogP contribution in [0.3, 0.4) is 0 Å². The van der Waals surface area contributed by atoms with E-state index in [0.29, 0.717) is 18.1 Å². The molecule has 0 aromatic heterocycles. The first-order chi connectivity index (χ1) is 15.1. The van der Waals surface area contributed by atoms with E-state index in [-0.39, 0.29) is 11.1 Å². The van der Waals surface area contributed by atoms with Gasteiger partial charge in [0.25, 0.3) is 0 Å². The zero-order valence-electron chi connectivity index (χ0n) is 22.7. The molecule has 0 radical (unpaired) electrons. The molecule has 32 heavy (non-hydrogen) atoms. The highest BCUT2D eigenvalue weighted by Crippen LogP contribution is 2.36. The Morgan fingerprint density at radius 3 is 2.19 bits per heavy atom. The molecule has 1 aliphatic heterocycles. The van der Waals surface area contributed by atoms with Crippen LogP contribution in [0.15, 0.2) is 0 Å². The van der Waals surface area contributed by atoms with Gasteiger partial charge >= 0.3 is 0 Å². The van der Waals surface area contributed by atoms with Crippen LogP contribution in [-0.4, -0.2) is 71.7 Å². The van der Waals surface area contributed by atoms with E-state index in [4.69, 9.17) is 0 Å². The highest BCUT2D eigenvalue weighted by molar-refractivity contribution is 4.98. The number of hydrogen-bond donors (Lipinski definition) is 2. The fourth-order valence-corrected chi connectivity index (χ4v) is 7.23. The summed E-state index contributed by atoms with van der Waals surface area (Å²) < 4.78 is 0. The summed E-state index contributed by atoms with van der Waals surface area (Å²) >= 11 is 0. The van der Waals surface area contributed by atoms with Crippen molar-refractivity contribution in [3.05, 3.63) is 0 Å². The molecule has 3 fully saturated rings. The molecule has 0 aromatic rings. The van der Waals surface area contributed by atoms with E-state index in [0.717, 1.165) is 12.0 Å². The van der Waals surface area contributed by atoms with E-state index >= 15 is 0 Å². The summed E-state index contributed by atoms with van der Waals surface area (Å²) in [6.45, 7) is 18.2. The molecular weight excluding hydrogens is 392 g/mol. The van der Waals surface area contributed by atoms with Crippen LogP contribution in [0, 0.1) is 5.92 Å². The summed E-state index contributed by atoms with van der Waals surface area (Å²) in [5.41, 5.74) is 0.425. The third-order valence-corrected chi connectivity index (χ3v) is 8.40. The highest BCUT2D eigenvalue weighted by Gasteiger charge is 2.39. The number of nitrogens with one attached hydrogen (secondary N) is 2. The van der Waals surface area contributed by atoms with Gasteiger partial charge in [-0.3, -0.25) is 4.90 Å². The van der Waals surface area contributed by atoms with Crippen LogP contribution < -0.4 is 10.6 Å². The van der Waals surface area contributed by atoms with Gasteiger partial charge in [0.1, 0.15) is 0 Å². The lowest BCUT2D eigenvalue weighted by Gasteiger charge is -2.47. The Hall–Kier alpha value is -0.160. The van der Waals surface area contributed by atoms with Crippen molar-refractivity contribution in [1.29, 1.82) is 0 Å². The predicted octanol–water partition coefficient (Wildman–Crippen LogP) is 5.42. The molecule has 5 atom stereocenters. The molecule has 1 unspecified atom stereocenters. The zero-order valence-corrected chi connectivity index (χ0v) is 22.7. The largest absolute Gasteiger partial charge is 0.308 e. The Bertz CT molecular complexity index is 548. The van der Waals surface area contributed by atoms with Gasteiger partial charge < -0.3 is 15.5 Å². The van der Waals surface area contributed by atoms with Crippen LogP contribution in [0.4, 0.5) is 0 Å². The molecule has 2 aliphatic carbocycles. The minimum absolute atomic E-state index is 0.205. The second-order valence-corrected chi connectivity index (χ2v) is 13.2. The molecular formula is C28H56N4. The van der Waals surface area contributed by atoms with Crippen LogP contribution in [0.25, 0.3) is 0 Å². The fraction of sp³-hybridized carbons (Fsp3) is 1.00. The van der Waals surface area contributed by atoms with Crippen molar-refractivity contribution in [1.82, 2.24) is 20.4 Å². The quantitative estimate of drug-likeness (QED) is 0.493. The summed E-state index contributed by atoms with van der Waals surface area (Å²) in [5, 5.41) is 8.20. The van der Waals surface area contributed by atoms with E-state index in [1.807, 2.05) is 0 Å². The Morgan fingerprint density at radius 1 is 0.844 bits per heavy atom. The van der Waals surface area contributed by atoms with Gasteiger partial charge in [0, 0.05) is 35.2 Å². The maximum Gasteiger partial charge on any atom is 0.0252 e. The van der Waals surface area contributed by atoms with Gasteiger partial charge in [-0.25, -0.2) is 0 Å². The van der Waals surface area contributed by atoms with Gasteiger partial charge in [-0.1, -0.05) is 19.8 Å². The van der Waals surface area contributed by atoms with Gasteiger partial charge in [0.05, 0.1) is 0 Å². The maximum atomic E-state index is 4.19. The third kappa shape index (κ3) is 7.68. The van der Waals surface area contributed by atoms with E-state index in [9.17, 15) is 0 Å². The first-order valence-corrected chi connectivity index (χ1v) is 14.1. The number of rotatable bonds is 9. The van der Waals surface area contributed by atoms with Gasteiger partial charge in [0.15, 0.2) is 0 Å². The molecule has 188 valence electrons. The van der Waals surface area contributed by atoms with Crippen molar-refractivity contribution in [2.24, 2.45) is 5.92 Å². The molecule has 2 saturated carbocycles. The smallest absolute Gasteiger partial charge is 0.0252 e. The van der Waals surface area contributed by atoms with Crippen LogP contribution in [0.5, 0.6) is 0 Å². The molecule has 3 aliphatic rings. The first-order valence-electron chi connectivity index (χ1n) is 14.1. The van der Waals surface area contributed by atoms with E-state index in [2.05, 4.69) is 69.0 Å². The Morgan fingerprint density at radius 2 is 1.53 bits per heavy atom. The van der Waals surface area contributed by atoms with Crippen molar-refractivity contribution in [3.8, 4) is 0 Å². The third-order valence-electron chi connectivity index (χ3n) is 8.40. The van der Waals surface area contributed by atoms with Crippen LogP contribution in [0.1, 0.15) is 112 Å². The van der Waals surface area contributed by atoms with Gasteiger partial charge in [-0.05, 0) is 125 Å². The average Bonchev–Trinajstić information content (AvgIpc) is 3.23. The Balaban J connectivity index is 1.61. The monoisotopic (exact) mass is 448 g/mol. The molecule has 0 spiro atoms. The summed E-state index contributed by atoms with van der Waals surface area (Å²) in [6.07, 6.45) is 15.0. The molecule has 0 amide bonds. The van der Waals surface area contributed by atoms with Crippen molar-refractivity contribution in [2.75, 3.05) is 26.7 Å². The molecule has 1 heterocycles. The molecule has 0 bridgehead atoms. The van der Waals surface area contributed by atoms with Crippen molar-refractivity contribution < 1.29 is 0 Å². The lowest BCUT2D eigenvalue weighted by molar-refractivity contribution is 0.0815. The van der Waals surface area contributed by atoms with E-state index in [1.54, 1.807) is 0 Å². The van der Waals surface area contributed by atoms with Crippen LogP contribution in [-0.2, 0) is 0 Å². The van der Waals surface area contributed by atoms with Gasteiger partial charge in [-0.15, -0.1) is 0 Å². The standard InChI is InChI=1S/C28H56N4/c1-8-17-31(7)25-14-10-9-13-23(25)30-28(5,6)21-22-15-16-24(29-27(2,3)4)26(20-22)32-18-11-12-19-32/h22-26,29-30H,8-21H2,1-7H3/t22?,23-,24-,25-,26-/m0/s1. The second kappa shape index (κ2) is 11.5. The fourth-order valence-electron chi connectivity index (χ4n) is 7.23. The summed E-state index contributed by atoms with van der Waals surface area (Å²) in [4.78, 5) is 5.46. The molecule has 1 saturated heterocycles. The maximum absolute atomic E-state index is 4.19. The van der Waals surface area contributed by atoms with Crippen molar-refractivity contribution in [2.45, 2.75) is 147 Å². The zero-order chi connectivity index (χ0) is 23.4. The SMILES string of the molecule is CCCN(C)[C@H]1CCCC[C@@H]1NC(C)(C)CC1CC[C@H](NC(C)(C)C)[C@@H](N2CCCC2)C1. The minimum atomic E-state index is 0.205. The van der Waals surface area contributed by atoms with E-state index in [1.165, 1.54) is 90.3 Å². The summed E-state index contributed by atoms with van der Waals surface area (Å²) in [5.74, 6) is 0.844. The normalized spacial score (nSPS) is 33.2. The lowest BCUT2D eigenvalue weighted by atomic mass is 9.75. The molecule has 3 rings (SSSR count). The predicted molar refractivity (Wildman–Crippen MR) is 139 cm³/mol. The first kappa shape index (κ1) is 26.4. The minimum Gasteiger partial charge on any atom is -0.308 e.